The van der Waals surface area contributed by atoms with Gasteiger partial charge in [-0.15, -0.1) is 0 Å². The van der Waals surface area contributed by atoms with Gasteiger partial charge in [-0.1, -0.05) is 29.5 Å². The molecule has 0 aliphatic rings. The van der Waals surface area contributed by atoms with E-state index in [1.54, 1.807) is 34.7 Å². The molecule has 0 bridgehead atoms. The molecule has 4 rings (SSSR count). The van der Waals surface area contributed by atoms with Gasteiger partial charge in [0.15, 0.2) is 5.65 Å². The summed E-state index contributed by atoms with van der Waals surface area (Å²) in [5.74, 6) is -0.207. The maximum absolute atomic E-state index is 12.8. The Hall–Kier alpha value is -3.12. The molecule has 140 valence electrons. The van der Waals surface area contributed by atoms with Crippen molar-refractivity contribution in [2.45, 2.75) is 30.6 Å². The zero-order valence-electron chi connectivity index (χ0n) is 15.9. The maximum Gasteiger partial charge on any atom is 0.261 e. The molecule has 6 heteroatoms. The molecule has 0 fully saturated rings. The number of amides is 1. The lowest BCUT2D eigenvalue weighted by Crippen LogP contribution is -2.13. The Morgan fingerprint density at radius 3 is 2.61 bits per heavy atom. The van der Waals surface area contributed by atoms with Gasteiger partial charge in [-0.3, -0.25) is 4.79 Å². The lowest BCUT2D eigenvalue weighted by molar-refractivity contribution is 0.102. The van der Waals surface area contributed by atoms with Gasteiger partial charge in [0.1, 0.15) is 5.56 Å². The van der Waals surface area contributed by atoms with Gasteiger partial charge in [0.2, 0.25) is 0 Å². The number of nitrogens with one attached hydrogen (secondary N) is 1. The third kappa shape index (κ3) is 3.64. The summed E-state index contributed by atoms with van der Waals surface area (Å²) in [6.45, 7) is 6.03. The molecule has 0 aliphatic carbocycles. The van der Waals surface area contributed by atoms with Crippen molar-refractivity contribution in [3.8, 4) is 0 Å². The van der Waals surface area contributed by atoms with E-state index in [2.05, 4.69) is 47.4 Å². The first-order chi connectivity index (χ1) is 13.5. The number of rotatable bonds is 4. The third-order valence-corrected chi connectivity index (χ3v) is 5.65. The second-order valence-electron chi connectivity index (χ2n) is 6.70. The summed E-state index contributed by atoms with van der Waals surface area (Å²) in [5, 5.41) is 7.29. The molecule has 28 heavy (non-hydrogen) atoms. The first kappa shape index (κ1) is 18.3. The van der Waals surface area contributed by atoms with Crippen LogP contribution in [0.25, 0.3) is 5.65 Å². The number of anilines is 1. The van der Waals surface area contributed by atoms with E-state index in [1.807, 2.05) is 31.2 Å². The average Bonchev–Trinajstić information content (AvgIpc) is 3.01. The molecule has 0 unspecified atom stereocenters. The van der Waals surface area contributed by atoms with Crippen LogP contribution in [-0.2, 0) is 0 Å². The van der Waals surface area contributed by atoms with Crippen LogP contribution in [0.2, 0.25) is 0 Å². The van der Waals surface area contributed by atoms with E-state index in [0.717, 1.165) is 10.6 Å². The normalized spacial score (nSPS) is 11.0. The Morgan fingerprint density at radius 2 is 1.86 bits per heavy atom. The molecule has 2 heterocycles. The zero-order valence-corrected chi connectivity index (χ0v) is 16.7. The number of fused-ring (bicyclic) bond motifs is 1. The quantitative estimate of drug-likeness (QED) is 0.531. The van der Waals surface area contributed by atoms with E-state index in [-0.39, 0.29) is 5.91 Å². The predicted molar refractivity (Wildman–Crippen MR) is 112 cm³/mol. The monoisotopic (exact) mass is 388 g/mol. The van der Waals surface area contributed by atoms with E-state index >= 15 is 0 Å². The van der Waals surface area contributed by atoms with Crippen molar-refractivity contribution < 1.29 is 4.79 Å². The summed E-state index contributed by atoms with van der Waals surface area (Å²) in [6.07, 6.45) is 3.44. The Balaban J connectivity index is 1.51. The minimum Gasteiger partial charge on any atom is -0.322 e. The van der Waals surface area contributed by atoms with Crippen LogP contribution in [-0.4, -0.2) is 20.5 Å². The molecule has 2 aromatic heterocycles. The van der Waals surface area contributed by atoms with Crippen LogP contribution in [0, 0.1) is 20.8 Å². The molecule has 1 N–H and O–H groups in total. The topological polar surface area (TPSA) is 59.3 Å². The molecule has 0 aliphatic heterocycles. The van der Waals surface area contributed by atoms with Crippen LogP contribution < -0.4 is 5.32 Å². The summed E-state index contributed by atoms with van der Waals surface area (Å²) in [4.78, 5) is 19.4. The lowest BCUT2D eigenvalue weighted by Gasteiger charge is -2.08. The highest BCUT2D eigenvalue weighted by Crippen LogP contribution is 2.31. The zero-order chi connectivity index (χ0) is 19.7. The van der Waals surface area contributed by atoms with Crippen molar-refractivity contribution in [2.24, 2.45) is 0 Å². The number of carbonyl (C=O) groups is 1. The van der Waals surface area contributed by atoms with Crippen LogP contribution in [0.3, 0.4) is 0 Å². The SMILES string of the molecule is Cc1ccc(Sc2ccc(NC(=O)c3c(C)nn4cccnc34)cc2)c(C)c1. The standard InChI is InChI=1S/C22H20N4OS/c1-14-5-10-19(15(2)13-14)28-18-8-6-17(7-9-18)24-22(27)20-16(3)25-26-12-4-11-23-21(20)26/h4-13H,1-3H3,(H,24,27). The number of aromatic nitrogens is 3. The number of nitrogens with zero attached hydrogens (tertiary/aromatic N) is 3. The molecule has 5 nitrogen and oxygen atoms in total. The Kier molecular flexibility index (Phi) is 4.88. The van der Waals surface area contributed by atoms with E-state index in [1.165, 1.54) is 16.0 Å². The van der Waals surface area contributed by atoms with Gasteiger partial charge in [0.25, 0.3) is 5.91 Å². The van der Waals surface area contributed by atoms with E-state index in [9.17, 15) is 4.79 Å². The maximum atomic E-state index is 12.8. The number of aryl methyl sites for hydroxylation is 3. The van der Waals surface area contributed by atoms with Gasteiger partial charge in [-0.25, -0.2) is 9.50 Å². The van der Waals surface area contributed by atoms with Crippen molar-refractivity contribution in [2.75, 3.05) is 5.32 Å². The number of carbonyl (C=O) groups excluding carboxylic acids is 1. The highest BCUT2D eigenvalue weighted by atomic mass is 32.2. The smallest absolute Gasteiger partial charge is 0.261 e. The van der Waals surface area contributed by atoms with Crippen LogP contribution in [0.4, 0.5) is 5.69 Å². The summed E-state index contributed by atoms with van der Waals surface area (Å²) in [7, 11) is 0. The molecule has 0 saturated carbocycles. The fourth-order valence-electron chi connectivity index (χ4n) is 3.10. The highest BCUT2D eigenvalue weighted by molar-refractivity contribution is 7.99. The minimum atomic E-state index is -0.207. The van der Waals surface area contributed by atoms with Crippen molar-refractivity contribution in [1.29, 1.82) is 0 Å². The third-order valence-electron chi connectivity index (χ3n) is 4.47. The Morgan fingerprint density at radius 1 is 1.07 bits per heavy atom. The fraction of sp³-hybridized carbons (Fsp3) is 0.136. The summed E-state index contributed by atoms with van der Waals surface area (Å²) < 4.78 is 1.62. The summed E-state index contributed by atoms with van der Waals surface area (Å²) in [5.41, 5.74) is 4.97. The molecule has 0 atom stereocenters. The minimum absolute atomic E-state index is 0.207. The van der Waals surface area contributed by atoms with E-state index < -0.39 is 0 Å². The second-order valence-corrected chi connectivity index (χ2v) is 7.81. The van der Waals surface area contributed by atoms with Gasteiger partial charge >= 0.3 is 0 Å². The van der Waals surface area contributed by atoms with Crippen molar-refractivity contribution >= 4 is 29.0 Å². The molecule has 2 aromatic carbocycles. The highest BCUT2D eigenvalue weighted by Gasteiger charge is 2.18. The second kappa shape index (κ2) is 7.48. The van der Waals surface area contributed by atoms with E-state index in [4.69, 9.17) is 0 Å². The molecule has 0 saturated heterocycles. The van der Waals surface area contributed by atoms with Crippen LogP contribution >= 0.6 is 11.8 Å². The Labute approximate surface area is 167 Å². The predicted octanol–water partition coefficient (Wildman–Crippen LogP) is 5.06. The largest absolute Gasteiger partial charge is 0.322 e. The van der Waals surface area contributed by atoms with Crippen LogP contribution in [0.15, 0.2) is 70.7 Å². The molecule has 4 aromatic rings. The van der Waals surface area contributed by atoms with Crippen molar-refractivity contribution in [1.82, 2.24) is 14.6 Å². The Bertz CT molecular complexity index is 1170. The summed E-state index contributed by atoms with van der Waals surface area (Å²) >= 11 is 1.72. The van der Waals surface area contributed by atoms with Crippen LogP contribution in [0.5, 0.6) is 0 Å². The molecule has 1 amide bonds. The van der Waals surface area contributed by atoms with Crippen molar-refractivity contribution in [3.05, 3.63) is 83.3 Å². The number of hydrogen-bond acceptors (Lipinski definition) is 4. The molecule has 0 radical (unpaired) electrons. The molecule has 0 spiro atoms. The van der Waals surface area contributed by atoms with Gasteiger partial charge < -0.3 is 5.32 Å². The first-order valence-corrected chi connectivity index (χ1v) is 9.79. The summed E-state index contributed by atoms with van der Waals surface area (Å²) in [6, 6.07) is 16.1. The van der Waals surface area contributed by atoms with Gasteiger partial charge in [-0.2, -0.15) is 5.10 Å². The van der Waals surface area contributed by atoms with E-state index in [0.29, 0.717) is 16.9 Å². The lowest BCUT2D eigenvalue weighted by atomic mass is 10.2. The average molecular weight is 388 g/mol. The molecular weight excluding hydrogens is 368 g/mol. The van der Waals surface area contributed by atoms with Crippen LogP contribution in [0.1, 0.15) is 27.2 Å². The van der Waals surface area contributed by atoms with Crippen molar-refractivity contribution in [3.63, 3.8) is 0 Å². The van der Waals surface area contributed by atoms with Gasteiger partial charge in [-0.05, 0) is 62.7 Å². The van der Waals surface area contributed by atoms with Gasteiger partial charge in [0.05, 0.1) is 5.69 Å². The fourth-order valence-corrected chi connectivity index (χ4v) is 3.99. The molecular formula is C22H20N4OS. The van der Waals surface area contributed by atoms with Gasteiger partial charge in [0, 0.05) is 27.9 Å². The number of benzene rings is 2. The number of hydrogen-bond donors (Lipinski definition) is 1. The first-order valence-electron chi connectivity index (χ1n) is 8.98.